The van der Waals surface area contributed by atoms with Gasteiger partial charge in [-0.2, -0.15) is 0 Å². The lowest BCUT2D eigenvalue weighted by Crippen LogP contribution is -2.25. The number of halogens is 2. The summed E-state index contributed by atoms with van der Waals surface area (Å²) in [6.45, 7) is 1.25. The summed E-state index contributed by atoms with van der Waals surface area (Å²) < 4.78 is 0. The van der Waals surface area contributed by atoms with Gasteiger partial charge in [-0.3, -0.25) is 9.59 Å². The van der Waals surface area contributed by atoms with Crippen molar-refractivity contribution in [3.63, 3.8) is 0 Å². The average molecular weight is 319 g/mol. The Morgan fingerprint density at radius 1 is 1.10 bits per heavy atom. The van der Waals surface area contributed by atoms with Crippen LogP contribution in [0.4, 0.5) is 0 Å². The van der Waals surface area contributed by atoms with Crippen molar-refractivity contribution in [1.29, 1.82) is 0 Å². The third-order valence-corrected chi connectivity index (χ3v) is 2.95. The average Bonchev–Trinajstić information content (AvgIpc) is 2.42. The van der Waals surface area contributed by atoms with Crippen molar-refractivity contribution in [2.75, 3.05) is 13.1 Å². The summed E-state index contributed by atoms with van der Waals surface area (Å²) in [4.78, 5) is 23.3. The van der Waals surface area contributed by atoms with E-state index in [0.717, 1.165) is 12.8 Å². The molecule has 1 aromatic carbocycles. The predicted molar refractivity (Wildman–Crippen MR) is 83.6 cm³/mol. The van der Waals surface area contributed by atoms with Gasteiger partial charge in [-0.05, 0) is 43.7 Å². The van der Waals surface area contributed by atoms with Gasteiger partial charge in [-0.1, -0.05) is 11.6 Å². The van der Waals surface area contributed by atoms with E-state index >= 15 is 0 Å². The van der Waals surface area contributed by atoms with E-state index in [2.05, 4.69) is 5.32 Å². The Morgan fingerprint density at radius 3 is 2.35 bits per heavy atom. The Hall–Kier alpha value is -1.10. The van der Waals surface area contributed by atoms with Crippen LogP contribution >= 0.6 is 24.0 Å². The lowest BCUT2D eigenvalue weighted by atomic mass is 10.1. The van der Waals surface area contributed by atoms with E-state index in [-0.39, 0.29) is 36.9 Å². The van der Waals surface area contributed by atoms with Gasteiger partial charge in [-0.25, -0.2) is 0 Å². The molecular formula is C14H20Cl2N2O2. The zero-order chi connectivity index (χ0) is 14.1. The number of nitrogens with one attached hydrogen (secondary N) is 1. The number of carbonyl (C=O) groups excluding carboxylic acids is 2. The van der Waals surface area contributed by atoms with E-state index in [1.54, 1.807) is 24.3 Å². The highest BCUT2D eigenvalue weighted by molar-refractivity contribution is 6.30. The molecule has 0 saturated heterocycles. The van der Waals surface area contributed by atoms with E-state index in [4.69, 9.17) is 17.3 Å². The van der Waals surface area contributed by atoms with Crippen LogP contribution in [0.2, 0.25) is 5.02 Å². The number of hydrogen-bond donors (Lipinski definition) is 2. The molecular weight excluding hydrogens is 299 g/mol. The maximum absolute atomic E-state index is 11.8. The molecule has 0 radical (unpaired) electrons. The molecule has 0 unspecified atom stereocenters. The minimum atomic E-state index is -0.0978. The molecule has 3 N–H and O–H groups in total. The number of amides is 1. The van der Waals surface area contributed by atoms with E-state index in [0.29, 0.717) is 23.7 Å². The first-order valence-electron chi connectivity index (χ1n) is 6.39. The third kappa shape index (κ3) is 7.48. The minimum Gasteiger partial charge on any atom is -0.356 e. The standard InChI is InChI=1S/C14H19ClN2O2.ClH/c15-12-5-3-11(4-6-12)13(18)7-8-14(19)17-10-2-1-9-16;/h3-6H,1-2,7-10,16H2,(H,17,19);1H. The summed E-state index contributed by atoms with van der Waals surface area (Å²) in [6, 6.07) is 6.68. The highest BCUT2D eigenvalue weighted by Gasteiger charge is 2.08. The SMILES string of the molecule is Cl.NCCCCNC(=O)CCC(=O)c1ccc(Cl)cc1. The Kier molecular flexibility index (Phi) is 10.1. The van der Waals surface area contributed by atoms with Gasteiger partial charge in [0.05, 0.1) is 0 Å². The monoisotopic (exact) mass is 318 g/mol. The number of Topliss-reactive ketones (excluding diaryl/α,β-unsaturated/α-hetero) is 1. The van der Waals surface area contributed by atoms with E-state index in [1.165, 1.54) is 0 Å². The molecule has 0 heterocycles. The second-order valence-corrected chi connectivity index (χ2v) is 4.71. The van der Waals surface area contributed by atoms with Crippen LogP contribution in [0.3, 0.4) is 0 Å². The van der Waals surface area contributed by atoms with Gasteiger partial charge in [-0.15, -0.1) is 12.4 Å². The molecule has 0 atom stereocenters. The molecule has 0 bridgehead atoms. The van der Waals surface area contributed by atoms with Crippen molar-refractivity contribution in [1.82, 2.24) is 5.32 Å². The van der Waals surface area contributed by atoms with Crippen molar-refractivity contribution in [2.45, 2.75) is 25.7 Å². The number of benzene rings is 1. The summed E-state index contributed by atoms with van der Waals surface area (Å²) >= 11 is 5.74. The fraction of sp³-hybridized carbons (Fsp3) is 0.429. The molecule has 4 nitrogen and oxygen atoms in total. The van der Waals surface area contributed by atoms with Crippen molar-refractivity contribution < 1.29 is 9.59 Å². The number of rotatable bonds is 8. The molecule has 0 aliphatic carbocycles. The van der Waals surface area contributed by atoms with Crippen LogP contribution < -0.4 is 11.1 Å². The zero-order valence-electron chi connectivity index (χ0n) is 11.2. The first-order valence-corrected chi connectivity index (χ1v) is 6.77. The number of carbonyl (C=O) groups is 2. The molecule has 0 saturated carbocycles. The Bertz CT molecular complexity index is 422. The summed E-state index contributed by atoms with van der Waals surface area (Å²) in [5, 5.41) is 3.36. The Labute approximate surface area is 130 Å². The largest absolute Gasteiger partial charge is 0.356 e. The molecule has 0 spiro atoms. The zero-order valence-corrected chi connectivity index (χ0v) is 12.8. The third-order valence-electron chi connectivity index (χ3n) is 2.70. The van der Waals surface area contributed by atoms with Crippen molar-refractivity contribution in [3.05, 3.63) is 34.9 Å². The van der Waals surface area contributed by atoms with Crippen LogP contribution in [0.1, 0.15) is 36.0 Å². The normalized spacial score (nSPS) is 9.70. The van der Waals surface area contributed by atoms with Crippen LogP contribution in [0, 0.1) is 0 Å². The summed E-state index contributed by atoms with van der Waals surface area (Å²) in [5.41, 5.74) is 5.94. The first kappa shape index (κ1) is 18.9. The molecule has 0 aliphatic heterocycles. The number of ketones is 1. The molecule has 112 valence electrons. The first-order chi connectivity index (χ1) is 9.13. The van der Waals surface area contributed by atoms with Gasteiger partial charge in [0.25, 0.3) is 0 Å². The molecule has 0 aliphatic rings. The molecule has 1 amide bonds. The van der Waals surface area contributed by atoms with Crippen LogP contribution in [-0.2, 0) is 4.79 Å². The lowest BCUT2D eigenvalue weighted by molar-refractivity contribution is -0.121. The summed E-state index contributed by atoms with van der Waals surface area (Å²) in [7, 11) is 0. The van der Waals surface area contributed by atoms with Crippen LogP contribution in [0.15, 0.2) is 24.3 Å². The van der Waals surface area contributed by atoms with Gasteiger partial charge >= 0.3 is 0 Å². The maximum Gasteiger partial charge on any atom is 0.220 e. The fourth-order valence-electron chi connectivity index (χ4n) is 1.59. The van der Waals surface area contributed by atoms with Crippen molar-refractivity contribution in [3.8, 4) is 0 Å². The molecule has 1 rings (SSSR count). The van der Waals surface area contributed by atoms with Crippen molar-refractivity contribution in [2.24, 2.45) is 5.73 Å². The van der Waals surface area contributed by atoms with Crippen LogP contribution in [-0.4, -0.2) is 24.8 Å². The van der Waals surface area contributed by atoms with Crippen LogP contribution in [0.5, 0.6) is 0 Å². The summed E-state index contributed by atoms with van der Waals surface area (Å²) in [6.07, 6.45) is 2.19. The lowest BCUT2D eigenvalue weighted by Gasteiger charge is -2.04. The Balaban J connectivity index is 0.00000361. The molecule has 0 aromatic heterocycles. The van der Waals surface area contributed by atoms with Gasteiger partial charge in [0.2, 0.25) is 5.91 Å². The minimum absolute atomic E-state index is 0. The van der Waals surface area contributed by atoms with Gasteiger partial charge < -0.3 is 11.1 Å². The fourth-order valence-corrected chi connectivity index (χ4v) is 1.72. The van der Waals surface area contributed by atoms with Crippen molar-refractivity contribution >= 4 is 35.7 Å². The number of nitrogens with two attached hydrogens (primary N) is 1. The van der Waals surface area contributed by atoms with Gasteiger partial charge in [0.1, 0.15) is 0 Å². The van der Waals surface area contributed by atoms with Gasteiger partial charge in [0.15, 0.2) is 5.78 Å². The molecule has 6 heteroatoms. The quantitative estimate of drug-likeness (QED) is 0.571. The smallest absolute Gasteiger partial charge is 0.220 e. The van der Waals surface area contributed by atoms with E-state index < -0.39 is 0 Å². The molecule has 20 heavy (non-hydrogen) atoms. The topological polar surface area (TPSA) is 72.2 Å². The number of unbranched alkanes of at least 4 members (excludes halogenated alkanes) is 1. The maximum atomic E-state index is 11.8. The van der Waals surface area contributed by atoms with Gasteiger partial charge in [0, 0.05) is 30.0 Å². The predicted octanol–water partition coefficient (Wildman–Crippen LogP) is 2.58. The summed E-state index contributed by atoms with van der Waals surface area (Å²) in [5.74, 6) is -0.145. The second-order valence-electron chi connectivity index (χ2n) is 4.28. The van der Waals surface area contributed by atoms with E-state index in [1.807, 2.05) is 0 Å². The highest BCUT2D eigenvalue weighted by Crippen LogP contribution is 2.11. The highest BCUT2D eigenvalue weighted by atomic mass is 35.5. The van der Waals surface area contributed by atoms with E-state index in [9.17, 15) is 9.59 Å². The molecule has 1 aromatic rings. The second kappa shape index (κ2) is 10.7. The van der Waals surface area contributed by atoms with Crippen LogP contribution in [0.25, 0.3) is 0 Å². The number of hydrogen-bond acceptors (Lipinski definition) is 3. The Morgan fingerprint density at radius 2 is 1.75 bits per heavy atom. The molecule has 0 fully saturated rings.